The van der Waals surface area contributed by atoms with Gasteiger partial charge in [0.15, 0.2) is 5.16 Å². The van der Waals surface area contributed by atoms with Crippen LogP contribution in [0, 0.1) is 0 Å². The van der Waals surface area contributed by atoms with Crippen molar-refractivity contribution in [3.8, 4) is 0 Å². The molecule has 3 aromatic heterocycles. The molecule has 1 aliphatic carbocycles. The summed E-state index contributed by atoms with van der Waals surface area (Å²) in [6.07, 6.45) is 0.332. The van der Waals surface area contributed by atoms with Crippen LogP contribution in [-0.4, -0.2) is 38.8 Å². The van der Waals surface area contributed by atoms with Crippen LogP contribution in [0.4, 0.5) is 13.2 Å². The van der Waals surface area contributed by atoms with E-state index in [9.17, 15) is 22.8 Å². The molecular weight excluding hydrogens is 463 g/mol. The molecule has 3 aromatic rings. The van der Waals surface area contributed by atoms with E-state index in [0.717, 1.165) is 36.6 Å². The number of halogens is 3. The lowest BCUT2D eigenvalue weighted by Crippen LogP contribution is -2.39. The molecule has 172 valence electrons. The van der Waals surface area contributed by atoms with Gasteiger partial charge in [0.25, 0.3) is 5.56 Å². The van der Waals surface area contributed by atoms with E-state index < -0.39 is 18.6 Å². The number of carbonyl (C=O) groups is 1. The van der Waals surface area contributed by atoms with Crippen LogP contribution in [-0.2, 0) is 30.7 Å². The third kappa shape index (κ3) is 4.88. The Morgan fingerprint density at radius 1 is 1.38 bits per heavy atom. The zero-order chi connectivity index (χ0) is 22.9. The molecule has 0 saturated carbocycles. The molecule has 4 rings (SSSR count). The Labute approximate surface area is 190 Å². The second kappa shape index (κ2) is 9.30. The van der Waals surface area contributed by atoms with Gasteiger partial charge in [-0.2, -0.15) is 13.2 Å². The lowest BCUT2D eigenvalue weighted by Gasteiger charge is -2.23. The summed E-state index contributed by atoms with van der Waals surface area (Å²) in [5, 5.41) is 1.02. The number of fused-ring (bicyclic) bond motifs is 3. The van der Waals surface area contributed by atoms with Crippen molar-refractivity contribution in [2.75, 3.05) is 12.3 Å². The molecule has 1 amide bonds. The average Bonchev–Trinajstić information content (AvgIpc) is 3.44. The van der Waals surface area contributed by atoms with Crippen LogP contribution in [0.25, 0.3) is 10.2 Å². The lowest BCUT2D eigenvalue weighted by molar-refractivity contribution is -0.161. The summed E-state index contributed by atoms with van der Waals surface area (Å²) < 4.78 is 45.8. The van der Waals surface area contributed by atoms with Gasteiger partial charge in [0.2, 0.25) is 5.91 Å². The van der Waals surface area contributed by atoms with E-state index in [2.05, 4.69) is 4.98 Å². The summed E-state index contributed by atoms with van der Waals surface area (Å²) in [5.74, 6) is -0.693. The number of thioether (sulfide) groups is 1. The summed E-state index contributed by atoms with van der Waals surface area (Å²) in [5.41, 5.74) is 0.948. The van der Waals surface area contributed by atoms with Gasteiger partial charge in [0.05, 0.1) is 23.9 Å². The SMILES string of the molecule is CCCn1c(SCC(=O)N(Cc2ccco2)CC(F)(F)F)nc2sc3c(c2c1=O)CCC3. The average molecular weight is 486 g/mol. The Morgan fingerprint density at radius 3 is 2.88 bits per heavy atom. The first kappa shape index (κ1) is 22.9. The Hall–Kier alpha value is -2.27. The predicted molar refractivity (Wildman–Crippen MR) is 117 cm³/mol. The van der Waals surface area contributed by atoms with Crippen molar-refractivity contribution in [3.05, 3.63) is 45.0 Å². The normalized spacial score (nSPS) is 13.6. The Bertz CT molecular complexity index is 1170. The molecular formula is C21H22F3N3O3S2. The summed E-state index contributed by atoms with van der Waals surface area (Å²) >= 11 is 2.50. The minimum atomic E-state index is -4.54. The van der Waals surface area contributed by atoms with Crippen molar-refractivity contribution in [2.45, 2.75) is 57.0 Å². The highest BCUT2D eigenvalue weighted by Gasteiger charge is 2.33. The standard InChI is InChI=1S/C21H22F3N3O3S2/c1-2-8-27-19(29)17-14-6-3-7-15(14)32-18(17)25-20(27)31-11-16(28)26(12-21(22,23)24)10-13-5-4-9-30-13/h4-5,9H,2-3,6-8,10-12H2,1H3. The Kier molecular flexibility index (Phi) is 6.66. The summed E-state index contributed by atoms with van der Waals surface area (Å²) in [7, 11) is 0. The number of aromatic nitrogens is 2. The number of alkyl halides is 3. The van der Waals surface area contributed by atoms with Crippen LogP contribution in [0.2, 0.25) is 0 Å². The van der Waals surface area contributed by atoms with E-state index in [4.69, 9.17) is 4.42 Å². The van der Waals surface area contributed by atoms with Gasteiger partial charge in [-0.1, -0.05) is 18.7 Å². The van der Waals surface area contributed by atoms with E-state index in [1.807, 2.05) is 6.92 Å². The van der Waals surface area contributed by atoms with Gasteiger partial charge in [-0.3, -0.25) is 14.2 Å². The van der Waals surface area contributed by atoms with Crippen molar-refractivity contribution >= 4 is 39.2 Å². The second-order valence-corrected chi connectivity index (χ2v) is 9.65. The molecule has 0 unspecified atom stereocenters. The first-order valence-electron chi connectivity index (χ1n) is 10.3. The number of thiophene rings is 1. The first-order valence-corrected chi connectivity index (χ1v) is 12.1. The van der Waals surface area contributed by atoms with Gasteiger partial charge in [0.1, 0.15) is 17.1 Å². The highest BCUT2D eigenvalue weighted by molar-refractivity contribution is 7.99. The number of nitrogens with zero attached hydrogens (tertiary/aromatic N) is 3. The zero-order valence-corrected chi connectivity index (χ0v) is 19.0. The summed E-state index contributed by atoms with van der Waals surface area (Å²) in [6.45, 7) is 0.709. The Morgan fingerprint density at radius 2 is 2.19 bits per heavy atom. The fraction of sp³-hybridized carbons (Fsp3) is 0.476. The molecule has 32 heavy (non-hydrogen) atoms. The number of hydrogen-bond donors (Lipinski definition) is 0. The van der Waals surface area contributed by atoms with E-state index in [1.165, 1.54) is 28.5 Å². The molecule has 0 fully saturated rings. The number of rotatable bonds is 8. The lowest BCUT2D eigenvalue weighted by atomic mass is 10.2. The minimum Gasteiger partial charge on any atom is -0.467 e. The van der Waals surface area contributed by atoms with Crippen LogP contribution in [0.5, 0.6) is 0 Å². The van der Waals surface area contributed by atoms with Crippen LogP contribution in [0.3, 0.4) is 0 Å². The zero-order valence-electron chi connectivity index (χ0n) is 17.4. The van der Waals surface area contributed by atoms with E-state index in [-0.39, 0.29) is 23.6 Å². The van der Waals surface area contributed by atoms with Crippen LogP contribution in [0.1, 0.15) is 36.0 Å². The van der Waals surface area contributed by atoms with Crippen LogP contribution >= 0.6 is 23.1 Å². The molecule has 0 atom stereocenters. The third-order valence-corrected chi connectivity index (χ3v) is 7.36. The Balaban J connectivity index is 1.58. The number of carbonyl (C=O) groups excluding carboxylic acids is 1. The first-order chi connectivity index (χ1) is 15.3. The maximum atomic E-state index is 13.2. The highest BCUT2D eigenvalue weighted by Crippen LogP contribution is 2.35. The van der Waals surface area contributed by atoms with Crippen molar-refractivity contribution in [2.24, 2.45) is 0 Å². The van der Waals surface area contributed by atoms with E-state index >= 15 is 0 Å². The van der Waals surface area contributed by atoms with E-state index in [0.29, 0.717) is 33.2 Å². The molecule has 0 saturated heterocycles. The number of furan rings is 1. The second-order valence-electron chi connectivity index (χ2n) is 7.62. The molecule has 3 heterocycles. The number of amides is 1. The third-order valence-electron chi connectivity index (χ3n) is 5.21. The van der Waals surface area contributed by atoms with Crippen molar-refractivity contribution in [3.63, 3.8) is 0 Å². The molecule has 11 heteroatoms. The van der Waals surface area contributed by atoms with Gasteiger partial charge >= 0.3 is 6.18 Å². The number of aryl methyl sites for hydroxylation is 2. The molecule has 6 nitrogen and oxygen atoms in total. The monoisotopic (exact) mass is 485 g/mol. The fourth-order valence-corrected chi connectivity index (χ4v) is 6.08. The van der Waals surface area contributed by atoms with Crippen LogP contribution < -0.4 is 5.56 Å². The largest absolute Gasteiger partial charge is 0.467 e. The van der Waals surface area contributed by atoms with Gasteiger partial charge in [-0.25, -0.2) is 4.98 Å². The van der Waals surface area contributed by atoms with Crippen molar-refractivity contribution in [1.29, 1.82) is 0 Å². The summed E-state index contributed by atoms with van der Waals surface area (Å²) in [6, 6.07) is 3.08. The quantitative estimate of drug-likeness (QED) is 0.344. The van der Waals surface area contributed by atoms with Gasteiger partial charge < -0.3 is 9.32 Å². The van der Waals surface area contributed by atoms with Crippen LogP contribution in [0.15, 0.2) is 32.8 Å². The van der Waals surface area contributed by atoms with E-state index in [1.54, 1.807) is 10.6 Å². The molecule has 0 aliphatic heterocycles. The molecule has 0 aromatic carbocycles. The molecule has 0 spiro atoms. The van der Waals surface area contributed by atoms with Crippen molar-refractivity contribution < 1.29 is 22.4 Å². The van der Waals surface area contributed by atoms with Gasteiger partial charge in [-0.05, 0) is 43.4 Å². The maximum absolute atomic E-state index is 13.2. The molecule has 0 N–H and O–H groups in total. The minimum absolute atomic E-state index is 0.131. The highest BCUT2D eigenvalue weighted by atomic mass is 32.2. The summed E-state index contributed by atoms with van der Waals surface area (Å²) in [4.78, 5) is 33.1. The molecule has 0 bridgehead atoms. The topological polar surface area (TPSA) is 68.3 Å². The van der Waals surface area contributed by atoms with Gasteiger partial charge in [0, 0.05) is 11.4 Å². The maximum Gasteiger partial charge on any atom is 0.406 e. The molecule has 0 radical (unpaired) electrons. The fourth-order valence-electron chi connectivity index (χ4n) is 3.85. The smallest absolute Gasteiger partial charge is 0.406 e. The predicted octanol–water partition coefficient (Wildman–Crippen LogP) is 4.63. The van der Waals surface area contributed by atoms with Gasteiger partial charge in [-0.15, -0.1) is 11.3 Å². The molecule has 1 aliphatic rings. The number of hydrogen-bond acceptors (Lipinski definition) is 6. The van der Waals surface area contributed by atoms with Crippen molar-refractivity contribution in [1.82, 2.24) is 14.5 Å².